The summed E-state index contributed by atoms with van der Waals surface area (Å²) in [6, 6.07) is 10.3. The zero-order chi connectivity index (χ0) is 18.8. The van der Waals surface area contributed by atoms with Crippen LogP contribution in [0.15, 0.2) is 24.3 Å². The van der Waals surface area contributed by atoms with Gasteiger partial charge in [-0.3, -0.25) is 0 Å². The molecule has 1 aromatic rings. The molecule has 1 fully saturated rings. The number of carbonyl (C=O) groups excluding carboxylic acids is 1. The van der Waals surface area contributed by atoms with Crippen molar-refractivity contribution >= 4 is 11.7 Å². The van der Waals surface area contributed by atoms with E-state index in [4.69, 9.17) is 5.26 Å². The van der Waals surface area contributed by atoms with Crippen molar-refractivity contribution in [1.29, 1.82) is 5.26 Å². The van der Waals surface area contributed by atoms with Crippen molar-refractivity contribution in [3.05, 3.63) is 29.8 Å². The molecule has 2 amide bonds. The third-order valence-electron chi connectivity index (χ3n) is 5.06. The number of piperidine rings is 1. The minimum absolute atomic E-state index is 0.0372. The van der Waals surface area contributed by atoms with Gasteiger partial charge in [-0.1, -0.05) is 32.6 Å². The highest BCUT2D eigenvalue weighted by Crippen LogP contribution is 2.20. The van der Waals surface area contributed by atoms with Crippen LogP contribution in [0.1, 0.15) is 64.4 Å². The number of unbranched alkanes of at least 4 members (excludes halogenated alkanes) is 3. The second kappa shape index (κ2) is 10.7. The van der Waals surface area contributed by atoms with E-state index in [9.17, 15) is 4.79 Å². The van der Waals surface area contributed by atoms with E-state index in [2.05, 4.69) is 35.5 Å². The Balaban J connectivity index is 1.67. The Labute approximate surface area is 157 Å². The molecule has 1 atom stereocenters. The van der Waals surface area contributed by atoms with Crippen LogP contribution in [-0.4, -0.2) is 31.2 Å². The van der Waals surface area contributed by atoms with Crippen molar-refractivity contribution in [1.82, 2.24) is 10.6 Å². The van der Waals surface area contributed by atoms with E-state index in [1.807, 2.05) is 24.3 Å². The smallest absolute Gasteiger partial charge is 0.315 e. The topological polar surface area (TPSA) is 68.2 Å². The van der Waals surface area contributed by atoms with Crippen LogP contribution in [0, 0.1) is 11.3 Å². The summed E-state index contributed by atoms with van der Waals surface area (Å²) in [7, 11) is 0. The number of hydrogen-bond donors (Lipinski definition) is 2. The fraction of sp³-hybridized carbons (Fsp3) is 0.619. The van der Waals surface area contributed by atoms with Crippen LogP contribution in [0.4, 0.5) is 10.5 Å². The fourth-order valence-electron chi connectivity index (χ4n) is 3.43. The molecule has 26 heavy (non-hydrogen) atoms. The number of benzene rings is 1. The molecule has 1 aliphatic rings. The molecule has 5 nitrogen and oxygen atoms in total. The highest BCUT2D eigenvalue weighted by atomic mass is 16.2. The lowest BCUT2D eigenvalue weighted by molar-refractivity contribution is 0.230. The number of urea groups is 1. The van der Waals surface area contributed by atoms with Crippen molar-refractivity contribution in [2.45, 2.75) is 70.9 Å². The van der Waals surface area contributed by atoms with Crippen LogP contribution in [-0.2, 0) is 0 Å². The third kappa shape index (κ3) is 6.59. The quantitative estimate of drug-likeness (QED) is 0.686. The van der Waals surface area contributed by atoms with Crippen LogP contribution >= 0.6 is 0 Å². The molecular weight excluding hydrogens is 324 g/mol. The van der Waals surface area contributed by atoms with E-state index in [1.54, 1.807) is 0 Å². The number of hydrogen-bond acceptors (Lipinski definition) is 3. The first-order valence-electron chi connectivity index (χ1n) is 9.94. The first-order valence-corrected chi connectivity index (χ1v) is 9.94. The third-order valence-corrected chi connectivity index (χ3v) is 5.06. The molecule has 142 valence electrons. The summed E-state index contributed by atoms with van der Waals surface area (Å²) in [5.41, 5.74) is 1.83. The lowest BCUT2D eigenvalue weighted by atomic mass is 10.0. The molecule has 1 saturated heterocycles. The van der Waals surface area contributed by atoms with Crippen molar-refractivity contribution in [2.75, 3.05) is 18.0 Å². The van der Waals surface area contributed by atoms with Gasteiger partial charge >= 0.3 is 6.03 Å². The fourth-order valence-corrected chi connectivity index (χ4v) is 3.43. The Morgan fingerprint density at radius 3 is 2.54 bits per heavy atom. The van der Waals surface area contributed by atoms with E-state index in [0.717, 1.165) is 38.0 Å². The van der Waals surface area contributed by atoms with Gasteiger partial charge in [0, 0.05) is 30.9 Å². The van der Waals surface area contributed by atoms with Gasteiger partial charge in [-0.25, -0.2) is 4.79 Å². The van der Waals surface area contributed by atoms with Gasteiger partial charge in [0.2, 0.25) is 0 Å². The maximum atomic E-state index is 12.2. The Morgan fingerprint density at radius 2 is 1.92 bits per heavy atom. The molecule has 0 aliphatic carbocycles. The second-order valence-corrected chi connectivity index (χ2v) is 7.29. The Kier molecular flexibility index (Phi) is 8.27. The summed E-state index contributed by atoms with van der Waals surface area (Å²) in [5, 5.41) is 15.1. The highest BCUT2D eigenvalue weighted by Gasteiger charge is 2.21. The summed E-state index contributed by atoms with van der Waals surface area (Å²) >= 11 is 0. The number of carbonyl (C=O) groups is 1. The van der Waals surface area contributed by atoms with Gasteiger partial charge in [0.25, 0.3) is 0 Å². The van der Waals surface area contributed by atoms with Crippen LogP contribution in [0.25, 0.3) is 0 Å². The molecule has 1 aromatic carbocycles. The minimum Gasteiger partial charge on any atom is -0.371 e. The summed E-state index contributed by atoms with van der Waals surface area (Å²) < 4.78 is 0. The van der Waals surface area contributed by atoms with Crippen molar-refractivity contribution in [2.24, 2.45) is 0 Å². The number of anilines is 1. The minimum atomic E-state index is -0.0372. The highest BCUT2D eigenvalue weighted by molar-refractivity contribution is 5.74. The molecule has 0 aromatic heterocycles. The predicted octanol–water partition coefficient (Wildman–Crippen LogP) is 4.19. The molecule has 0 spiro atoms. The summed E-state index contributed by atoms with van der Waals surface area (Å²) in [5.74, 6) is 0. The molecular formula is C21H32N4O. The van der Waals surface area contributed by atoms with Gasteiger partial charge in [0.15, 0.2) is 0 Å². The normalized spacial score (nSPS) is 16.0. The van der Waals surface area contributed by atoms with Crippen molar-refractivity contribution in [3.8, 4) is 6.07 Å². The zero-order valence-corrected chi connectivity index (χ0v) is 16.1. The summed E-state index contributed by atoms with van der Waals surface area (Å²) in [6.07, 6.45) is 7.87. The van der Waals surface area contributed by atoms with E-state index < -0.39 is 0 Å². The van der Waals surface area contributed by atoms with Crippen molar-refractivity contribution in [3.63, 3.8) is 0 Å². The monoisotopic (exact) mass is 356 g/mol. The number of amides is 2. The molecule has 2 rings (SSSR count). The molecule has 1 heterocycles. The maximum absolute atomic E-state index is 12.2. The average molecular weight is 357 g/mol. The van der Waals surface area contributed by atoms with Gasteiger partial charge in [-0.05, 0) is 50.5 Å². The second-order valence-electron chi connectivity index (χ2n) is 7.29. The van der Waals surface area contributed by atoms with E-state index in [0.29, 0.717) is 5.56 Å². The molecule has 0 radical (unpaired) electrons. The molecule has 1 unspecified atom stereocenters. The Bertz CT molecular complexity index is 585. The van der Waals surface area contributed by atoms with Gasteiger partial charge in [0.05, 0.1) is 11.6 Å². The molecule has 5 heteroatoms. The molecule has 0 saturated carbocycles. The number of rotatable bonds is 8. The SMILES string of the molecule is CCCCCCC(C)NC(=O)NC1CCN(c2ccc(C#N)cc2)CC1. The van der Waals surface area contributed by atoms with Gasteiger partial charge in [-0.2, -0.15) is 5.26 Å². The summed E-state index contributed by atoms with van der Waals surface area (Å²) in [6.45, 7) is 6.13. The van der Waals surface area contributed by atoms with Crippen molar-refractivity contribution < 1.29 is 4.79 Å². The number of nitrogens with one attached hydrogen (secondary N) is 2. The largest absolute Gasteiger partial charge is 0.371 e. The van der Waals surface area contributed by atoms with E-state index in [1.165, 1.54) is 25.7 Å². The van der Waals surface area contributed by atoms with E-state index >= 15 is 0 Å². The van der Waals surface area contributed by atoms with Crippen LogP contribution in [0.3, 0.4) is 0 Å². The maximum Gasteiger partial charge on any atom is 0.315 e. The Hall–Kier alpha value is -2.22. The first kappa shape index (κ1) is 20.1. The average Bonchev–Trinajstić information content (AvgIpc) is 2.66. The first-order chi connectivity index (χ1) is 12.6. The molecule has 0 bridgehead atoms. The number of nitriles is 1. The van der Waals surface area contributed by atoms with E-state index in [-0.39, 0.29) is 18.1 Å². The lowest BCUT2D eigenvalue weighted by Crippen LogP contribution is -2.49. The zero-order valence-electron chi connectivity index (χ0n) is 16.1. The van der Waals surface area contributed by atoms with Crippen LogP contribution in [0.5, 0.6) is 0 Å². The molecule has 1 aliphatic heterocycles. The standard InChI is InChI=1S/C21H32N4O/c1-3-4-5-6-7-17(2)23-21(26)24-19-12-14-25(15-13-19)20-10-8-18(16-22)9-11-20/h8-11,17,19H,3-7,12-15H2,1-2H3,(H2,23,24,26). The predicted molar refractivity (Wildman–Crippen MR) is 106 cm³/mol. The Morgan fingerprint density at radius 1 is 1.23 bits per heavy atom. The lowest BCUT2D eigenvalue weighted by Gasteiger charge is -2.34. The number of nitrogens with zero attached hydrogens (tertiary/aromatic N) is 2. The van der Waals surface area contributed by atoms with Gasteiger partial charge in [0.1, 0.15) is 0 Å². The van der Waals surface area contributed by atoms with Gasteiger partial charge in [-0.15, -0.1) is 0 Å². The molecule has 2 N–H and O–H groups in total. The van der Waals surface area contributed by atoms with Crippen LogP contribution in [0.2, 0.25) is 0 Å². The summed E-state index contributed by atoms with van der Waals surface area (Å²) in [4.78, 5) is 14.5. The van der Waals surface area contributed by atoms with Gasteiger partial charge < -0.3 is 15.5 Å². The van der Waals surface area contributed by atoms with Crippen LogP contribution < -0.4 is 15.5 Å².